The lowest BCUT2D eigenvalue weighted by Gasteiger charge is -2.04. The Labute approximate surface area is 73.1 Å². The maximum absolute atomic E-state index is 10.9. The predicted molar refractivity (Wildman–Crippen MR) is 44.2 cm³/mol. The molecule has 1 aliphatic heterocycles. The fourth-order valence-corrected chi connectivity index (χ4v) is 2.05. The van der Waals surface area contributed by atoms with E-state index < -0.39 is 14.4 Å². The van der Waals surface area contributed by atoms with Gasteiger partial charge in [-0.15, -0.1) is 0 Å². The number of hydrogen-bond acceptors (Lipinski definition) is 4. The van der Waals surface area contributed by atoms with Crippen LogP contribution in [0.25, 0.3) is 0 Å². The van der Waals surface area contributed by atoms with Gasteiger partial charge in [0.25, 0.3) is 9.05 Å². The van der Waals surface area contributed by atoms with E-state index in [1.807, 2.05) is 0 Å². The minimum atomic E-state index is -3.64. The van der Waals surface area contributed by atoms with E-state index in [0.29, 0.717) is 5.95 Å². The van der Waals surface area contributed by atoms with Crippen LogP contribution in [0.5, 0.6) is 0 Å². The van der Waals surface area contributed by atoms with Crippen molar-refractivity contribution in [3.63, 3.8) is 0 Å². The molecule has 2 rings (SSSR count). The first-order chi connectivity index (χ1) is 5.59. The van der Waals surface area contributed by atoms with E-state index in [0.717, 1.165) is 0 Å². The summed E-state index contributed by atoms with van der Waals surface area (Å²) in [6.45, 7) is 0. The second-order valence-corrected chi connectivity index (χ2v) is 5.00. The molecule has 12 heavy (non-hydrogen) atoms. The molecule has 0 fully saturated rings. The van der Waals surface area contributed by atoms with E-state index in [1.54, 1.807) is 0 Å². The van der Waals surface area contributed by atoms with E-state index in [1.165, 1.54) is 23.2 Å². The van der Waals surface area contributed by atoms with Crippen LogP contribution in [-0.2, 0) is 9.05 Å². The van der Waals surface area contributed by atoms with Crippen molar-refractivity contribution >= 4 is 31.9 Å². The Kier molecular flexibility index (Phi) is 1.49. The van der Waals surface area contributed by atoms with E-state index >= 15 is 0 Å². The third kappa shape index (κ3) is 1.03. The van der Waals surface area contributed by atoms with Gasteiger partial charge in [-0.3, -0.25) is 4.57 Å². The van der Waals surface area contributed by atoms with Gasteiger partial charge < -0.3 is 0 Å². The smallest absolute Gasteiger partial charge is 0.259 e. The number of imidazole rings is 1. The summed E-state index contributed by atoms with van der Waals surface area (Å²) >= 11 is 0. The summed E-state index contributed by atoms with van der Waals surface area (Å²) in [7, 11) is 1.52. The quantitative estimate of drug-likeness (QED) is 0.633. The highest BCUT2D eigenvalue weighted by atomic mass is 35.7. The number of hydrogen-bond donors (Lipinski definition) is 0. The molecule has 64 valence electrons. The Hall–Kier alpha value is -0.880. The van der Waals surface area contributed by atoms with Crippen molar-refractivity contribution < 1.29 is 8.42 Å². The Morgan fingerprint density at radius 3 is 3.00 bits per heavy atom. The Bertz CT molecular complexity index is 435. The van der Waals surface area contributed by atoms with Gasteiger partial charge in [0.05, 0.1) is 0 Å². The minimum absolute atomic E-state index is 0.365. The van der Waals surface area contributed by atoms with Crippen molar-refractivity contribution in [2.24, 2.45) is 4.99 Å². The molecular weight excluding hydrogens is 202 g/mol. The summed E-state index contributed by atoms with van der Waals surface area (Å²) in [5.41, 5.74) is 0. The molecule has 1 atom stereocenters. The monoisotopic (exact) mass is 205 g/mol. The molecule has 5 nitrogen and oxygen atoms in total. The molecule has 0 bridgehead atoms. The third-order valence-electron chi connectivity index (χ3n) is 1.53. The summed E-state index contributed by atoms with van der Waals surface area (Å²) in [5.74, 6) is 0.365. The van der Waals surface area contributed by atoms with Gasteiger partial charge in [0.2, 0.25) is 5.95 Å². The van der Waals surface area contributed by atoms with Crippen LogP contribution in [0, 0.1) is 0 Å². The van der Waals surface area contributed by atoms with Crippen molar-refractivity contribution in [1.82, 2.24) is 9.55 Å². The van der Waals surface area contributed by atoms with Crippen molar-refractivity contribution in [3.05, 3.63) is 12.4 Å². The normalized spacial score (nSPS) is 21.2. The molecule has 1 aliphatic rings. The lowest BCUT2D eigenvalue weighted by Crippen LogP contribution is -2.11. The molecule has 0 aromatic carbocycles. The first kappa shape index (κ1) is 7.75. The Morgan fingerprint density at radius 2 is 2.33 bits per heavy atom. The Morgan fingerprint density at radius 1 is 1.58 bits per heavy atom. The number of aromatic nitrogens is 2. The fourth-order valence-electron chi connectivity index (χ4n) is 1.01. The number of fused-ring (bicyclic) bond motifs is 1. The molecule has 0 N–H and O–H groups in total. The summed E-state index contributed by atoms with van der Waals surface area (Å²) in [5, 5.41) is -0.906. The van der Waals surface area contributed by atoms with E-state index in [-0.39, 0.29) is 0 Å². The zero-order valence-electron chi connectivity index (χ0n) is 5.75. The summed E-state index contributed by atoms with van der Waals surface area (Å²) in [6, 6.07) is 0. The highest BCUT2D eigenvalue weighted by molar-refractivity contribution is 8.14. The van der Waals surface area contributed by atoms with Crippen molar-refractivity contribution in [1.29, 1.82) is 0 Å². The molecule has 0 saturated carbocycles. The fraction of sp³-hybridized carbons (Fsp3) is 0.200. The van der Waals surface area contributed by atoms with Crippen LogP contribution < -0.4 is 0 Å². The zero-order chi connectivity index (χ0) is 8.77. The van der Waals surface area contributed by atoms with Crippen LogP contribution in [-0.4, -0.2) is 24.2 Å². The molecule has 2 heterocycles. The molecule has 7 heteroatoms. The van der Waals surface area contributed by atoms with Gasteiger partial charge in [0, 0.05) is 29.3 Å². The van der Waals surface area contributed by atoms with Gasteiger partial charge in [-0.1, -0.05) is 0 Å². The van der Waals surface area contributed by atoms with E-state index in [4.69, 9.17) is 10.7 Å². The average molecular weight is 206 g/mol. The molecule has 0 spiro atoms. The molecule has 0 amide bonds. The van der Waals surface area contributed by atoms with Crippen LogP contribution in [0.15, 0.2) is 17.4 Å². The minimum Gasteiger partial charge on any atom is -0.292 e. The van der Waals surface area contributed by atoms with Crippen molar-refractivity contribution in [2.45, 2.75) is 5.37 Å². The summed E-state index contributed by atoms with van der Waals surface area (Å²) < 4.78 is 23.2. The molecular formula is C5H4ClN3O2S. The van der Waals surface area contributed by atoms with Crippen LogP contribution in [0.2, 0.25) is 0 Å². The Balaban J connectivity index is 2.55. The number of nitrogens with zero attached hydrogens (tertiary/aromatic N) is 3. The largest absolute Gasteiger partial charge is 0.292 e. The molecule has 0 saturated heterocycles. The number of rotatable bonds is 1. The van der Waals surface area contributed by atoms with Gasteiger partial charge in [0.1, 0.15) is 0 Å². The maximum atomic E-state index is 10.9. The van der Waals surface area contributed by atoms with E-state index in [9.17, 15) is 8.42 Å². The maximum Gasteiger partial charge on any atom is 0.259 e. The zero-order valence-corrected chi connectivity index (χ0v) is 7.33. The topological polar surface area (TPSA) is 64.3 Å². The van der Waals surface area contributed by atoms with Gasteiger partial charge in [-0.05, 0) is 0 Å². The first-order valence-electron chi connectivity index (χ1n) is 3.09. The second kappa shape index (κ2) is 2.30. The highest BCUT2D eigenvalue weighted by Gasteiger charge is 2.28. The molecule has 0 radical (unpaired) electrons. The lowest BCUT2D eigenvalue weighted by atomic mass is 10.7. The van der Waals surface area contributed by atoms with Crippen LogP contribution in [0.1, 0.15) is 5.37 Å². The molecule has 0 aliphatic carbocycles. The second-order valence-electron chi connectivity index (χ2n) is 2.28. The summed E-state index contributed by atoms with van der Waals surface area (Å²) in [4.78, 5) is 7.57. The molecule has 1 aromatic rings. The molecule has 1 aromatic heterocycles. The summed E-state index contributed by atoms with van der Waals surface area (Å²) in [6.07, 6.45) is 4.25. The van der Waals surface area contributed by atoms with Crippen molar-refractivity contribution in [2.75, 3.05) is 0 Å². The van der Waals surface area contributed by atoms with Gasteiger partial charge in [-0.25, -0.2) is 18.4 Å². The number of aliphatic imine (C=N–C) groups is 1. The predicted octanol–water partition coefficient (Wildman–Crippen LogP) is 0.666. The average Bonchev–Trinajstić information content (AvgIpc) is 2.37. The van der Waals surface area contributed by atoms with Crippen molar-refractivity contribution in [3.8, 4) is 0 Å². The SMILES string of the molecule is O=S(=O)(Cl)C1C=Nc2nccn21. The third-order valence-corrected chi connectivity index (χ3v) is 3.00. The van der Waals surface area contributed by atoms with Gasteiger partial charge in [-0.2, -0.15) is 0 Å². The molecule has 1 unspecified atom stereocenters. The first-order valence-corrected chi connectivity index (χ1v) is 5.47. The number of halogens is 1. The van der Waals surface area contributed by atoms with E-state index in [2.05, 4.69) is 9.98 Å². The van der Waals surface area contributed by atoms with Crippen LogP contribution in [0.3, 0.4) is 0 Å². The van der Waals surface area contributed by atoms with Gasteiger partial charge in [0.15, 0.2) is 5.37 Å². The van der Waals surface area contributed by atoms with Crippen LogP contribution >= 0.6 is 10.7 Å². The standard InChI is InChI=1S/C5H4ClN3O2S/c6-12(10,11)4-3-8-5-7-1-2-9(4)5/h1-4H. The van der Waals surface area contributed by atoms with Crippen LogP contribution in [0.4, 0.5) is 5.95 Å². The van der Waals surface area contributed by atoms with Gasteiger partial charge >= 0.3 is 0 Å². The highest BCUT2D eigenvalue weighted by Crippen LogP contribution is 2.27. The lowest BCUT2D eigenvalue weighted by molar-refractivity contribution is 0.595.